The predicted octanol–water partition coefficient (Wildman–Crippen LogP) is 4.02. The monoisotopic (exact) mass is 463 g/mol. The summed E-state index contributed by atoms with van der Waals surface area (Å²) < 4.78 is 11.7. The summed E-state index contributed by atoms with van der Waals surface area (Å²) in [7, 11) is 0. The summed E-state index contributed by atoms with van der Waals surface area (Å²) in [6.45, 7) is 7.75. The molecule has 1 atom stereocenters. The fourth-order valence-electron chi connectivity index (χ4n) is 4.47. The van der Waals surface area contributed by atoms with Crippen molar-refractivity contribution >= 4 is 28.8 Å². The van der Waals surface area contributed by atoms with E-state index in [1.165, 1.54) is 0 Å². The lowest BCUT2D eigenvalue weighted by atomic mass is 9.77. The molecule has 31 heavy (non-hydrogen) atoms. The molecule has 0 aliphatic carbocycles. The van der Waals surface area contributed by atoms with Gasteiger partial charge >= 0.3 is 0 Å². The van der Waals surface area contributed by atoms with Crippen molar-refractivity contribution in [1.29, 1.82) is 0 Å². The molecule has 2 fully saturated rings. The van der Waals surface area contributed by atoms with E-state index < -0.39 is 0 Å². The first-order valence-electron chi connectivity index (χ1n) is 10.9. The first-order valence-corrected chi connectivity index (χ1v) is 12.1. The lowest BCUT2D eigenvalue weighted by Gasteiger charge is -2.43. The molecular weight excluding hydrogens is 434 g/mol. The van der Waals surface area contributed by atoms with Gasteiger partial charge in [-0.25, -0.2) is 4.98 Å². The maximum absolute atomic E-state index is 13.2. The molecule has 168 valence electrons. The molecule has 0 radical (unpaired) electrons. The highest BCUT2D eigenvalue weighted by Gasteiger charge is 2.40. The average Bonchev–Trinajstić information content (AvgIpc) is 3.28. The second-order valence-electron chi connectivity index (χ2n) is 8.61. The Balaban J connectivity index is 1.48. The van der Waals surface area contributed by atoms with Crippen molar-refractivity contribution in [3.05, 3.63) is 45.4 Å². The zero-order valence-electron chi connectivity index (χ0n) is 18.0. The minimum Gasteiger partial charge on any atom is -0.493 e. The molecule has 6 nitrogen and oxygen atoms in total. The van der Waals surface area contributed by atoms with E-state index in [9.17, 15) is 4.79 Å². The van der Waals surface area contributed by atoms with Crippen LogP contribution in [0.4, 0.5) is 0 Å². The smallest absolute Gasteiger partial charge is 0.223 e. The number of benzene rings is 1. The number of thiazole rings is 1. The number of hydrogen-bond acceptors (Lipinski definition) is 6. The van der Waals surface area contributed by atoms with Gasteiger partial charge in [0.2, 0.25) is 5.91 Å². The van der Waals surface area contributed by atoms with Crippen molar-refractivity contribution in [2.75, 3.05) is 46.0 Å². The molecule has 1 amide bonds. The number of ether oxygens (including phenoxy) is 2. The number of carbonyl (C=O) groups excluding carboxylic acids is 1. The third-order valence-electron chi connectivity index (χ3n) is 6.15. The van der Waals surface area contributed by atoms with Gasteiger partial charge in [-0.05, 0) is 50.1 Å². The van der Waals surface area contributed by atoms with Crippen LogP contribution in [0.15, 0.2) is 29.8 Å². The summed E-state index contributed by atoms with van der Waals surface area (Å²) in [6.07, 6.45) is 4.37. The predicted molar refractivity (Wildman–Crippen MR) is 123 cm³/mol. The normalized spacial score (nSPS) is 22.5. The number of nitrogens with zero attached hydrogens (tertiary/aromatic N) is 3. The molecule has 2 aliphatic rings. The van der Waals surface area contributed by atoms with Crippen LogP contribution in [-0.2, 0) is 16.1 Å². The Bertz CT molecular complexity index is 873. The van der Waals surface area contributed by atoms with Crippen LogP contribution < -0.4 is 4.74 Å². The van der Waals surface area contributed by atoms with Gasteiger partial charge in [0.1, 0.15) is 10.8 Å². The van der Waals surface area contributed by atoms with Gasteiger partial charge in [0.15, 0.2) is 0 Å². The van der Waals surface area contributed by atoms with E-state index >= 15 is 0 Å². The number of aryl methyl sites for hydroxylation is 1. The van der Waals surface area contributed by atoms with Gasteiger partial charge in [-0.2, -0.15) is 0 Å². The second-order valence-corrected chi connectivity index (χ2v) is 10.00. The van der Waals surface area contributed by atoms with Gasteiger partial charge in [0.05, 0.1) is 26.4 Å². The first kappa shape index (κ1) is 22.5. The number of rotatable bonds is 7. The molecule has 2 aliphatic heterocycles. The summed E-state index contributed by atoms with van der Waals surface area (Å²) in [4.78, 5) is 22.0. The minimum atomic E-state index is -0.224. The van der Waals surface area contributed by atoms with E-state index in [0.717, 1.165) is 53.8 Å². The van der Waals surface area contributed by atoms with E-state index in [2.05, 4.69) is 9.88 Å². The Labute approximate surface area is 193 Å². The molecule has 4 rings (SSSR count). The highest BCUT2D eigenvalue weighted by atomic mass is 35.5. The number of halogens is 1. The third kappa shape index (κ3) is 5.98. The Hall–Kier alpha value is -1.67. The minimum absolute atomic E-state index is 0.204. The Morgan fingerprint density at radius 3 is 2.90 bits per heavy atom. The van der Waals surface area contributed by atoms with Crippen molar-refractivity contribution in [3.8, 4) is 5.75 Å². The molecule has 1 aromatic heterocycles. The van der Waals surface area contributed by atoms with E-state index in [1.54, 1.807) is 11.3 Å². The summed E-state index contributed by atoms with van der Waals surface area (Å²) in [5, 5.41) is 3.86. The summed E-state index contributed by atoms with van der Waals surface area (Å²) >= 11 is 7.85. The molecule has 0 bridgehead atoms. The fourth-order valence-corrected chi connectivity index (χ4v) is 5.24. The van der Waals surface area contributed by atoms with Crippen LogP contribution in [0, 0.1) is 12.3 Å². The van der Waals surface area contributed by atoms with Crippen LogP contribution in [0.5, 0.6) is 5.75 Å². The van der Waals surface area contributed by atoms with E-state index in [1.807, 2.05) is 41.6 Å². The van der Waals surface area contributed by atoms with Crippen LogP contribution in [0.25, 0.3) is 0 Å². The van der Waals surface area contributed by atoms with Gasteiger partial charge < -0.3 is 14.4 Å². The number of morpholine rings is 1. The molecule has 2 saturated heterocycles. The zero-order chi connectivity index (χ0) is 21.7. The van der Waals surface area contributed by atoms with E-state index in [-0.39, 0.29) is 11.3 Å². The standard InChI is InChI=1S/C23H30ClN3O3S/c1-18-13-19(3-4-20(18)24)30-17-23(14-22(28)27-8-10-29-11-9-27)5-2-7-26(16-23)15-21-25-6-12-31-21/h3-4,6,12-13H,2,5,7-11,14-17H2,1H3/t23-/m0/s1. The molecule has 3 heterocycles. The molecule has 0 N–H and O–H groups in total. The van der Waals surface area contributed by atoms with Crippen LogP contribution >= 0.6 is 22.9 Å². The van der Waals surface area contributed by atoms with Crippen molar-refractivity contribution in [2.45, 2.75) is 32.7 Å². The highest BCUT2D eigenvalue weighted by Crippen LogP contribution is 2.36. The van der Waals surface area contributed by atoms with Gasteiger partial charge in [0, 0.05) is 48.1 Å². The average molecular weight is 464 g/mol. The third-order valence-corrected chi connectivity index (χ3v) is 7.34. The molecule has 0 spiro atoms. The number of amides is 1. The second kappa shape index (κ2) is 10.3. The number of aromatic nitrogens is 1. The maximum atomic E-state index is 13.2. The topological polar surface area (TPSA) is 54.9 Å². The molecule has 0 saturated carbocycles. The Morgan fingerprint density at radius 1 is 1.32 bits per heavy atom. The molecule has 0 unspecified atom stereocenters. The van der Waals surface area contributed by atoms with Crippen LogP contribution in [0.3, 0.4) is 0 Å². The van der Waals surface area contributed by atoms with Crippen molar-refractivity contribution in [3.63, 3.8) is 0 Å². The number of piperidine rings is 1. The number of hydrogen-bond donors (Lipinski definition) is 0. The molecule has 8 heteroatoms. The molecular formula is C23H30ClN3O3S. The largest absolute Gasteiger partial charge is 0.493 e. The fraction of sp³-hybridized carbons (Fsp3) is 0.565. The SMILES string of the molecule is Cc1cc(OC[C@]2(CC(=O)N3CCOCC3)CCCN(Cc3nccs3)C2)ccc1Cl. The van der Waals surface area contributed by atoms with Crippen LogP contribution in [-0.4, -0.2) is 66.7 Å². The lowest BCUT2D eigenvalue weighted by molar-refractivity contribution is -0.139. The molecule has 2 aromatic rings. The zero-order valence-corrected chi connectivity index (χ0v) is 19.6. The van der Waals surface area contributed by atoms with Gasteiger partial charge in [-0.15, -0.1) is 11.3 Å². The van der Waals surface area contributed by atoms with Crippen molar-refractivity contribution < 1.29 is 14.3 Å². The lowest BCUT2D eigenvalue weighted by Crippen LogP contribution is -2.50. The maximum Gasteiger partial charge on any atom is 0.223 e. The van der Waals surface area contributed by atoms with Crippen LogP contribution in [0.2, 0.25) is 5.02 Å². The Kier molecular flexibility index (Phi) is 7.48. The summed E-state index contributed by atoms with van der Waals surface area (Å²) in [6, 6.07) is 5.74. The van der Waals surface area contributed by atoms with Gasteiger partial charge in [-0.1, -0.05) is 11.6 Å². The number of likely N-dealkylation sites (tertiary alicyclic amines) is 1. The Morgan fingerprint density at radius 2 is 2.16 bits per heavy atom. The summed E-state index contributed by atoms with van der Waals surface area (Å²) in [5.41, 5.74) is 0.768. The van der Waals surface area contributed by atoms with Crippen molar-refractivity contribution in [1.82, 2.24) is 14.8 Å². The van der Waals surface area contributed by atoms with E-state index in [4.69, 9.17) is 21.1 Å². The summed E-state index contributed by atoms with van der Waals surface area (Å²) in [5.74, 6) is 1.01. The van der Waals surface area contributed by atoms with E-state index in [0.29, 0.717) is 39.3 Å². The first-order chi connectivity index (χ1) is 15.0. The van der Waals surface area contributed by atoms with Gasteiger partial charge in [-0.3, -0.25) is 9.69 Å². The van der Waals surface area contributed by atoms with Gasteiger partial charge in [0.25, 0.3) is 0 Å². The molecule has 1 aromatic carbocycles. The quantitative estimate of drug-likeness (QED) is 0.620. The van der Waals surface area contributed by atoms with Crippen LogP contribution in [0.1, 0.15) is 29.8 Å². The van der Waals surface area contributed by atoms with Crippen molar-refractivity contribution in [2.24, 2.45) is 5.41 Å². The highest BCUT2D eigenvalue weighted by molar-refractivity contribution is 7.09. The number of carbonyl (C=O) groups is 1.